The Morgan fingerprint density at radius 1 is 0.902 bits per heavy atom. The average molecular weight is 602 g/mol. The zero-order valence-corrected chi connectivity index (χ0v) is 23.5. The molecule has 4 rings (SSSR count). The van der Waals surface area contributed by atoms with Gasteiger partial charge in [-0.1, -0.05) is 23.7 Å². The van der Waals surface area contributed by atoms with Gasteiger partial charge in [-0.3, -0.25) is 0 Å². The molecule has 0 bridgehead atoms. The quantitative estimate of drug-likeness (QED) is 0.261. The number of ether oxygens (including phenoxy) is 3. The minimum Gasteiger partial charge on any atom is -0.485 e. The number of benzene rings is 3. The van der Waals surface area contributed by atoms with Crippen LogP contribution in [0.25, 0.3) is 0 Å². The van der Waals surface area contributed by atoms with E-state index in [1.807, 2.05) is 44.2 Å². The van der Waals surface area contributed by atoms with Gasteiger partial charge in [-0.2, -0.15) is 26.3 Å². The van der Waals surface area contributed by atoms with Crippen molar-refractivity contribution in [2.24, 2.45) is 0 Å². The van der Waals surface area contributed by atoms with E-state index in [2.05, 4.69) is 5.32 Å². The zero-order valence-electron chi connectivity index (χ0n) is 22.8. The van der Waals surface area contributed by atoms with E-state index >= 15 is 0 Å². The lowest BCUT2D eigenvalue weighted by Crippen LogP contribution is -2.51. The smallest absolute Gasteiger partial charge is 0.416 e. The standard InChI is InChI=1S/C30H30ClF6NO3/c1-17(2)40-26-24-14-23(38-15-18-6-5-7-22(31)12-18)8-9-25(24)41-28(3,4)27(26)39-16-19-10-20(29(32,33)34)13-21(11-19)30(35,36)37/h5-14,17,26-27,38H,15-16H2,1-4H3. The number of halogens is 7. The second-order valence-corrected chi connectivity index (χ2v) is 11.1. The molecule has 1 heterocycles. The number of hydrogen-bond donors (Lipinski definition) is 1. The van der Waals surface area contributed by atoms with Crippen LogP contribution in [0.2, 0.25) is 5.02 Å². The SMILES string of the molecule is CC(C)OC1c2cc(NCc3cccc(Cl)c3)ccc2OC(C)(C)C1OCc1cc(C(F)(F)F)cc(C(F)(F)F)c1. The van der Waals surface area contributed by atoms with Gasteiger partial charge in [0.15, 0.2) is 0 Å². The van der Waals surface area contributed by atoms with Gasteiger partial charge in [-0.05, 0) is 87.4 Å². The topological polar surface area (TPSA) is 39.7 Å². The van der Waals surface area contributed by atoms with Crippen molar-refractivity contribution in [3.8, 4) is 5.75 Å². The highest BCUT2D eigenvalue weighted by atomic mass is 35.5. The zero-order chi connectivity index (χ0) is 30.2. The van der Waals surface area contributed by atoms with E-state index in [9.17, 15) is 26.3 Å². The number of hydrogen-bond acceptors (Lipinski definition) is 4. The minimum atomic E-state index is -4.96. The fourth-order valence-corrected chi connectivity index (χ4v) is 4.92. The highest BCUT2D eigenvalue weighted by molar-refractivity contribution is 6.30. The molecular formula is C30H30ClF6NO3. The van der Waals surface area contributed by atoms with E-state index in [1.165, 1.54) is 0 Å². The Hall–Kier alpha value is -2.95. The Labute approximate surface area is 239 Å². The van der Waals surface area contributed by atoms with Gasteiger partial charge in [-0.15, -0.1) is 0 Å². The molecular weight excluding hydrogens is 572 g/mol. The molecule has 1 aliphatic heterocycles. The molecule has 0 saturated carbocycles. The third-order valence-corrected chi connectivity index (χ3v) is 6.77. The molecule has 0 amide bonds. The van der Waals surface area contributed by atoms with Crippen LogP contribution in [-0.4, -0.2) is 17.8 Å². The molecule has 11 heteroatoms. The van der Waals surface area contributed by atoms with E-state index in [0.717, 1.165) is 11.3 Å². The molecule has 1 aliphatic rings. The Morgan fingerprint density at radius 3 is 2.15 bits per heavy atom. The van der Waals surface area contributed by atoms with E-state index in [0.29, 0.717) is 35.0 Å². The van der Waals surface area contributed by atoms with Crippen LogP contribution in [0.5, 0.6) is 5.75 Å². The second kappa shape index (κ2) is 11.7. The summed E-state index contributed by atoms with van der Waals surface area (Å²) in [5, 5.41) is 3.93. The van der Waals surface area contributed by atoms with Gasteiger partial charge in [0.05, 0.1) is 23.8 Å². The summed E-state index contributed by atoms with van der Waals surface area (Å²) in [6.07, 6.45) is -11.8. The maximum atomic E-state index is 13.4. The summed E-state index contributed by atoms with van der Waals surface area (Å²) in [5.74, 6) is 0.534. The van der Waals surface area contributed by atoms with Gasteiger partial charge < -0.3 is 19.5 Å². The van der Waals surface area contributed by atoms with Crippen molar-refractivity contribution in [2.45, 2.75) is 77.1 Å². The van der Waals surface area contributed by atoms with Crippen molar-refractivity contribution in [2.75, 3.05) is 5.32 Å². The molecule has 2 atom stereocenters. The first-order chi connectivity index (χ1) is 19.0. The summed E-state index contributed by atoms with van der Waals surface area (Å²) < 4.78 is 98.9. The molecule has 3 aromatic carbocycles. The minimum absolute atomic E-state index is 0.0933. The molecule has 222 valence electrons. The maximum Gasteiger partial charge on any atom is 0.416 e. The summed E-state index contributed by atoms with van der Waals surface area (Å²) in [7, 11) is 0. The summed E-state index contributed by atoms with van der Waals surface area (Å²) in [4.78, 5) is 0. The number of nitrogens with one attached hydrogen (secondary N) is 1. The predicted molar refractivity (Wildman–Crippen MR) is 144 cm³/mol. The molecule has 41 heavy (non-hydrogen) atoms. The molecule has 0 spiro atoms. The van der Waals surface area contributed by atoms with Crippen molar-refractivity contribution in [1.82, 2.24) is 0 Å². The third-order valence-electron chi connectivity index (χ3n) is 6.53. The van der Waals surface area contributed by atoms with Gasteiger partial charge in [0.25, 0.3) is 0 Å². The van der Waals surface area contributed by atoms with E-state index in [-0.39, 0.29) is 17.7 Å². The molecule has 1 N–H and O–H groups in total. The van der Waals surface area contributed by atoms with Crippen molar-refractivity contribution in [3.05, 3.63) is 93.5 Å². The fourth-order valence-electron chi connectivity index (χ4n) is 4.71. The first kappa shape index (κ1) is 31.0. The van der Waals surface area contributed by atoms with Crippen LogP contribution < -0.4 is 10.1 Å². The summed E-state index contributed by atoms with van der Waals surface area (Å²) in [6.45, 7) is 7.07. The first-order valence-corrected chi connectivity index (χ1v) is 13.3. The lowest BCUT2D eigenvalue weighted by molar-refractivity contribution is -0.177. The predicted octanol–water partition coefficient (Wildman–Crippen LogP) is 9.21. The Kier molecular flexibility index (Phi) is 8.87. The highest BCUT2D eigenvalue weighted by Gasteiger charge is 2.46. The van der Waals surface area contributed by atoms with Gasteiger partial charge in [0.1, 0.15) is 23.6 Å². The lowest BCUT2D eigenvalue weighted by Gasteiger charge is -2.45. The van der Waals surface area contributed by atoms with Crippen molar-refractivity contribution >= 4 is 17.3 Å². The van der Waals surface area contributed by atoms with Gasteiger partial charge in [-0.25, -0.2) is 0 Å². The van der Waals surface area contributed by atoms with Crippen LogP contribution in [0.3, 0.4) is 0 Å². The first-order valence-electron chi connectivity index (χ1n) is 12.9. The van der Waals surface area contributed by atoms with Gasteiger partial charge >= 0.3 is 12.4 Å². The Bertz CT molecular complexity index is 1340. The second-order valence-electron chi connectivity index (χ2n) is 10.7. The van der Waals surface area contributed by atoms with E-state index in [4.69, 9.17) is 25.8 Å². The molecule has 2 unspecified atom stereocenters. The van der Waals surface area contributed by atoms with Crippen LogP contribution in [0.1, 0.15) is 61.6 Å². The van der Waals surface area contributed by atoms with Crippen LogP contribution in [-0.2, 0) is 35.0 Å². The summed E-state index contributed by atoms with van der Waals surface area (Å²) >= 11 is 6.08. The molecule has 0 fully saturated rings. The van der Waals surface area contributed by atoms with Crippen LogP contribution in [0.4, 0.5) is 32.0 Å². The highest BCUT2D eigenvalue weighted by Crippen LogP contribution is 2.45. The Balaban J connectivity index is 1.63. The summed E-state index contributed by atoms with van der Waals surface area (Å²) in [6, 6.07) is 14.3. The van der Waals surface area contributed by atoms with Gasteiger partial charge in [0, 0.05) is 22.8 Å². The fraction of sp³-hybridized carbons (Fsp3) is 0.400. The number of alkyl halides is 6. The summed E-state index contributed by atoms with van der Waals surface area (Å²) in [5.41, 5.74) is -1.76. The normalized spacial score (nSPS) is 18.6. The lowest BCUT2D eigenvalue weighted by atomic mass is 9.87. The van der Waals surface area contributed by atoms with Crippen LogP contribution >= 0.6 is 11.6 Å². The number of rotatable bonds is 8. The molecule has 0 radical (unpaired) electrons. The van der Waals surface area contributed by atoms with Crippen LogP contribution in [0.15, 0.2) is 60.7 Å². The molecule has 0 aromatic heterocycles. The molecule has 0 aliphatic carbocycles. The van der Waals surface area contributed by atoms with Crippen molar-refractivity contribution in [3.63, 3.8) is 0 Å². The number of anilines is 1. The molecule has 3 aromatic rings. The maximum absolute atomic E-state index is 13.4. The van der Waals surface area contributed by atoms with Gasteiger partial charge in [0.2, 0.25) is 0 Å². The van der Waals surface area contributed by atoms with Crippen molar-refractivity contribution in [1.29, 1.82) is 0 Å². The van der Waals surface area contributed by atoms with E-state index in [1.54, 1.807) is 26.0 Å². The largest absolute Gasteiger partial charge is 0.485 e. The average Bonchev–Trinajstić information content (AvgIpc) is 2.85. The Morgan fingerprint density at radius 2 is 1.56 bits per heavy atom. The number of fused-ring (bicyclic) bond motifs is 1. The monoisotopic (exact) mass is 601 g/mol. The molecule has 4 nitrogen and oxygen atoms in total. The van der Waals surface area contributed by atoms with Crippen molar-refractivity contribution < 1.29 is 40.6 Å². The third kappa shape index (κ3) is 7.67. The molecule has 0 saturated heterocycles. The van der Waals surface area contributed by atoms with Crippen LogP contribution in [0, 0.1) is 0 Å². The van der Waals surface area contributed by atoms with E-state index < -0.39 is 47.9 Å².